The minimum Gasteiger partial charge on any atom is -0.337 e. The molecule has 0 spiro atoms. The summed E-state index contributed by atoms with van der Waals surface area (Å²) in [4.78, 5) is 48.3. The average Bonchev–Trinajstić information content (AvgIpc) is 3.77. The lowest BCUT2D eigenvalue weighted by Gasteiger charge is -2.34. The zero-order chi connectivity index (χ0) is 29.9. The smallest absolute Gasteiger partial charge is 0.263 e. The number of sulfonamides is 1. The number of thiophene rings is 2. The van der Waals surface area contributed by atoms with Gasteiger partial charge in [0.25, 0.3) is 5.91 Å². The van der Waals surface area contributed by atoms with Crippen LogP contribution in [0.4, 0.5) is 0 Å². The second kappa shape index (κ2) is 13.6. The highest BCUT2D eigenvalue weighted by Gasteiger charge is 2.37. The van der Waals surface area contributed by atoms with Gasteiger partial charge in [0.1, 0.15) is 6.04 Å². The van der Waals surface area contributed by atoms with Gasteiger partial charge < -0.3 is 14.7 Å². The van der Waals surface area contributed by atoms with E-state index in [0.717, 1.165) is 49.2 Å². The van der Waals surface area contributed by atoms with E-state index >= 15 is 0 Å². The molecule has 0 aromatic carbocycles. The second-order valence-corrected chi connectivity index (χ2v) is 15.3. The Morgan fingerprint density at radius 3 is 2.69 bits per heavy atom. The van der Waals surface area contributed by atoms with Crippen LogP contribution in [0.1, 0.15) is 46.7 Å². The lowest BCUT2D eigenvalue weighted by Crippen LogP contribution is -2.55. The lowest BCUT2D eigenvalue weighted by atomic mass is 10.1. The number of likely N-dealkylation sites (tertiary alicyclic amines) is 3. The van der Waals surface area contributed by atoms with Crippen molar-refractivity contribution in [3.05, 3.63) is 49.1 Å². The molecule has 42 heavy (non-hydrogen) atoms. The summed E-state index contributed by atoms with van der Waals surface area (Å²) in [6, 6.07) is 6.43. The van der Waals surface area contributed by atoms with E-state index in [2.05, 4.69) is 9.62 Å². The van der Waals surface area contributed by atoms with Crippen molar-refractivity contribution in [3.8, 4) is 0 Å². The van der Waals surface area contributed by atoms with Gasteiger partial charge in [-0.15, -0.1) is 22.7 Å². The number of nitrogens with one attached hydrogen (secondary N) is 1. The number of carbonyl (C=O) groups excluding carboxylic acids is 3. The summed E-state index contributed by atoms with van der Waals surface area (Å²) >= 11 is 8.61. The van der Waals surface area contributed by atoms with Crippen LogP contribution in [-0.4, -0.2) is 110 Å². The lowest BCUT2D eigenvalue weighted by molar-refractivity contribution is -0.143. The van der Waals surface area contributed by atoms with Crippen LogP contribution in [0.2, 0.25) is 4.34 Å². The first kappa shape index (κ1) is 31.1. The van der Waals surface area contributed by atoms with Crippen LogP contribution in [0, 0.1) is 0 Å². The highest BCUT2D eigenvalue weighted by atomic mass is 35.5. The fourth-order valence-corrected chi connectivity index (χ4v) is 8.73. The van der Waals surface area contributed by atoms with E-state index in [4.69, 9.17) is 11.6 Å². The maximum absolute atomic E-state index is 13.4. The van der Waals surface area contributed by atoms with Crippen molar-refractivity contribution >= 4 is 68.1 Å². The third-order valence-corrected chi connectivity index (χ3v) is 11.3. The molecule has 10 nitrogen and oxygen atoms in total. The third kappa shape index (κ3) is 7.61. The molecule has 0 saturated carbocycles. The molecule has 228 valence electrons. The van der Waals surface area contributed by atoms with Gasteiger partial charge in [-0.1, -0.05) is 17.7 Å². The molecule has 5 heterocycles. The van der Waals surface area contributed by atoms with Crippen molar-refractivity contribution < 1.29 is 22.8 Å². The summed E-state index contributed by atoms with van der Waals surface area (Å²) in [5.74, 6) is -0.434. The molecule has 3 fully saturated rings. The molecule has 1 unspecified atom stereocenters. The van der Waals surface area contributed by atoms with Gasteiger partial charge in [0, 0.05) is 62.1 Å². The maximum atomic E-state index is 13.4. The molecule has 3 aliphatic rings. The van der Waals surface area contributed by atoms with Crippen molar-refractivity contribution in [2.45, 2.75) is 50.2 Å². The van der Waals surface area contributed by atoms with E-state index < -0.39 is 16.1 Å². The van der Waals surface area contributed by atoms with E-state index in [1.54, 1.807) is 12.1 Å². The zero-order valence-electron chi connectivity index (χ0n) is 23.5. The molecule has 0 aliphatic carbocycles. The van der Waals surface area contributed by atoms with Crippen LogP contribution < -0.4 is 4.72 Å². The number of nitrogens with zero attached hydrogens (tertiary/aromatic N) is 4. The number of halogens is 1. The van der Waals surface area contributed by atoms with Gasteiger partial charge in [-0.25, -0.2) is 8.42 Å². The number of rotatable bonds is 10. The van der Waals surface area contributed by atoms with E-state index in [0.29, 0.717) is 35.1 Å². The zero-order valence-corrected chi connectivity index (χ0v) is 26.7. The molecule has 0 radical (unpaired) electrons. The second-order valence-electron chi connectivity index (χ2n) is 11.0. The molecule has 3 aliphatic heterocycles. The predicted molar refractivity (Wildman–Crippen MR) is 166 cm³/mol. The molecule has 5 rings (SSSR count). The highest BCUT2D eigenvalue weighted by molar-refractivity contribution is 7.92. The van der Waals surface area contributed by atoms with Gasteiger partial charge in [-0.3, -0.25) is 19.3 Å². The van der Waals surface area contributed by atoms with Crippen molar-refractivity contribution in [1.29, 1.82) is 0 Å². The summed E-state index contributed by atoms with van der Waals surface area (Å²) in [5, 5.41) is 2.95. The number of carbonyl (C=O) groups is 3. The van der Waals surface area contributed by atoms with E-state index in [1.807, 2.05) is 34.4 Å². The number of likely N-dealkylation sites (N-methyl/N-ethyl adjacent to an activating group) is 1. The van der Waals surface area contributed by atoms with Crippen LogP contribution >= 0.6 is 34.3 Å². The number of amides is 3. The minimum atomic E-state index is -3.86. The minimum absolute atomic E-state index is 0.0461. The van der Waals surface area contributed by atoms with E-state index in [9.17, 15) is 22.8 Å². The van der Waals surface area contributed by atoms with Gasteiger partial charge in [-0.05, 0) is 61.8 Å². The number of piperidine rings is 1. The van der Waals surface area contributed by atoms with Crippen LogP contribution in [0.15, 0.2) is 35.1 Å². The SMILES string of the molecule is CN(C(=O)c1cccs1)C1CCN(C[C@@H]2CCCN2C(=O)CN2CCC[C@H](NS(=O)(=O)C=Cc3ccc(Cl)s3)C2=O)C1. The fourth-order valence-electron chi connectivity index (χ4n) is 5.96. The van der Waals surface area contributed by atoms with Crippen LogP contribution in [-0.2, 0) is 19.6 Å². The standard InChI is InChI=1S/C28H36ClN5O5S3/c1-31(28(37)24-7-4-15-40-24)20-10-14-32(17-20)18-21-5-2-13-34(21)26(35)19-33-12-3-6-23(27(33)36)30-42(38,39)16-11-22-8-9-25(29)41-22/h4,7-9,11,15-16,20-21,23,30H,2-3,5-6,10,12-14,17-19H2,1H3/t20?,21-,23-/m0/s1. The topological polar surface area (TPSA) is 110 Å². The molecule has 14 heteroatoms. The van der Waals surface area contributed by atoms with Gasteiger partial charge in [0.2, 0.25) is 21.8 Å². The predicted octanol–water partition coefficient (Wildman–Crippen LogP) is 3.18. The van der Waals surface area contributed by atoms with Crippen LogP contribution in [0.5, 0.6) is 0 Å². The van der Waals surface area contributed by atoms with Gasteiger partial charge in [-0.2, -0.15) is 4.72 Å². The Morgan fingerprint density at radius 2 is 1.95 bits per heavy atom. The Morgan fingerprint density at radius 1 is 1.14 bits per heavy atom. The molecule has 0 bridgehead atoms. The van der Waals surface area contributed by atoms with Crippen molar-refractivity contribution in [2.24, 2.45) is 0 Å². The van der Waals surface area contributed by atoms with E-state index in [1.165, 1.54) is 33.6 Å². The Hall–Kier alpha value is -2.29. The summed E-state index contributed by atoms with van der Waals surface area (Å²) in [6.45, 7) is 3.38. The fraction of sp³-hybridized carbons (Fsp3) is 0.536. The summed E-state index contributed by atoms with van der Waals surface area (Å²) in [6.07, 6.45) is 5.13. The van der Waals surface area contributed by atoms with Crippen molar-refractivity contribution in [1.82, 2.24) is 24.3 Å². The summed E-state index contributed by atoms with van der Waals surface area (Å²) in [7, 11) is -2.00. The molecule has 3 saturated heterocycles. The maximum Gasteiger partial charge on any atom is 0.263 e. The summed E-state index contributed by atoms with van der Waals surface area (Å²) in [5.41, 5.74) is 0. The first-order valence-electron chi connectivity index (χ1n) is 14.2. The molecular weight excluding hydrogens is 618 g/mol. The van der Waals surface area contributed by atoms with Gasteiger partial charge >= 0.3 is 0 Å². The van der Waals surface area contributed by atoms with Crippen molar-refractivity contribution in [3.63, 3.8) is 0 Å². The Labute approximate surface area is 259 Å². The van der Waals surface area contributed by atoms with E-state index in [-0.39, 0.29) is 36.3 Å². The third-order valence-electron chi connectivity index (χ3n) is 8.18. The quantitative estimate of drug-likeness (QED) is 0.422. The van der Waals surface area contributed by atoms with Crippen molar-refractivity contribution in [2.75, 3.05) is 46.3 Å². The summed E-state index contributed by atoms with van der Waals surface area (Å²) < 4.78 is 28.3. The first-order chi connectivity index (χ1) is 20.1. The highest BCUT2D eigenvalue weighted by Crippen LogP contribution is 2.25. The first-order valence-corrected chi connectivity index (χ1v) is 17.8. The molecule has 3 atom stereocenters. The molecular formula is C28H36ClN5O5S3. The van der Waals surface area contributed by atoms with Crippen LogP contribution in [0.25, 0.3) is 6.08 Å². The Balaban J connectivity index is 1.12. The number of hydrogen-bond donors (Lipinski definition) is 1. The number of hydrogen-bond acceptors (Lipinski definition) is 8. The molecule has 2 aromatic heterocycles. The monoisotopic (exact) mass is 653 g/mol. The largest absolute Gasteiger partial charge is 0.337 e. The molecule has 2 aromatic rings. The molecule has 1 N–H and O–H groups in total. The molecule has 3 amide bonds. The average molecular weight is 654 g/mol. The van der Waals surface area contributed by atoms with Gasteiger partial charge in [0.15, 0.2) is 0 Å². The van der Waals surface area contributed by atoms with Gasteiger partial charge in [0.05, 0.1) is 15.8 Å². The Bertz CT molecular complexity index is 1410. The van der Waals surface area contributed by atoms with Crippen LogP contribution in [0.3, 0.4) is 0 Å². The normalized spacial score (nSPS) is 23.8. The Kier molecular flexibility index (Phi) is 10.1.